The predicted octanol–water partition coefficient (Wildman–Crippen LogP) is 0.987. The molecule has 18 heavy (non-hydrogen) atoms. The van der Waals surface area contributed by atoms with E-state index in [1.54, 1.807) is 18.2 Å². The largest absolute Gasteiger partial charge is 0.396 e. The summed E-state index contributed by atoms with van der Waals surface area (Å²) in [5.41, 5.74) is 7.37. The first-order valence-corrected chi connectivity index (χ1v) is 7.57. The van der Waals surface area contributed by atoms with Crippen LogP contribution in [-0.4, -0.2) is 26.5 Å². The lowest BCUT2D eigenvalue weighted by molar-refractivity contribution is 0.596. The average molecular weight is 265 g/mol. The Labute approximate surface area is 107 Å². The van der Waals surface area contributed by atoms with Crippen LogP contribution in [0.1, 0.15) is 12.0 Å². The second-order valence-electron chi connectivity index (χ2n) is 4.53. The van der Waals surface area contributed by atoms with Gasteiger partial charge in [-0.1, -0.05) is 6.07 Å². The summed E-state index contributed by atoms with van der Waals surface area (Å²) >= 11 is 0. The predicted molar refractivity (Wildman–Crippen MR) is 70.8 cm³/mol. The Morgan fingerprint density at radius 3 is 2.89 bits per heavy atom. The van der Waals surface area contributed by atoms with Gasteiger partial charge in [0.15, 0.2) is 9.84 Å². The highest BCUT2D eigenvalue weighted by molar-refractivity contribution is 7.91. The van der Waals surface area contributed by atoms with Crippen molar-refractivity contribution in [2.45, 2.75) is 6.42 Å². The highest BCUT2D eigenvalue weighted by Crippen LogP contribution is 2.24. The molecule has 1 heterocycles. The molecule has 1 saturated heterocycles. The number of hydrogen-bond donors (Lipinski definition) is 2. The molecule has 5 nitrogen and oxygen atoms in total. The molecule has 1 aromatic carbocycles. The molecule has 3 N–H and O–H groups in total. The number of benzene rings is 1. The molecule has 2 rings (SSSR count). The number of nitrogens with two attached hydrogens (primary N) is 1. The highest BCUT2D eigenvalue weighted by Gasteiger charge is 2.27. The van der Waals surface area contributed by atoms with E-state index in [-0.39, 0.29) is 17.4 Å². The second kappa shape index (κ2) is 4.86. The van der Waals surface area contributed by atoms with Crippen LogP contribution in [0.15, 0.2) is 18.2 Å². The summed E-state index contributed by atoms with van der Waals surface area (Å²) in [6, 6.07) is 7.21. The van der Waals surface area contributed by atoms with Gasteiger partial charge >= 0.3 is 0 Å². The zero-order chi connectivity index (χ0) is 13.2. The number of nitrogens with one attached hydrogen (secondary N) is 1. The molecule has 0 saturated carbocycles. The summed E-state index contributed by atoms with van der Waals surface area (Å²) in [6.45, 7) is 0.568. The Kier molecular flexibility index (Phi) is 3.43. The molecule has 0 aliphatic carbocycles. The van der Waals surface area contributed by atoms with Gasteiger partial charge in [0.05, 0.1) is 28.4 Å². The molecule has 0 bridgehead atoms. The summed E-state index contributed by atoms with van der Waals surface area (Å²) in [7, 11) is -2.85. The van der Waals surface area contributed by atoms with Crippen molar-refractivity contribution in [3.05, 3.63) is 23.8 Å². The quantitative estimate of drug-likeness (QED) is 0.794. The van der Waals surface area contributed by atoms with E-state index in [9.17, 15) is 8.42 Å². The third-order valence-electron chi connectivity index (χ3n) is 3.13. The van der Waals surface area contributed by atoms with Crippen molar-refractivity contribution in [2.75, 3.05) is 29.1 Å². The molecule has 6 heteroatoms. The molecule has 1 aliphatic heterocycles. The van der Waals surface area contributed by atoms with E-state index in [4.69, 9.17) is 11.0 Å². The molecule has 0 spiro atoms. The van der Waals surface area contributed by atoms with Gasteiger partial charge in [-0.15, -0.1) is 0 Å². The van der Waals surface area contributed by atoms with Crippen LogP contribution in [0.3, 0.4) is 0 Å². The first-order valence-electron chi connectivity index (χ1n) is 5.75. The van der Waals surface area contributed by atoms with Gasteiger partial charge in [-0.05, 0) is 24.5 Å². The number of anilines is 2. The zero-order valence-electron chi connectivity index (χ0n) is 9.89. The van der Waals surface area contributed by atoms with Crippen molar-refractivity contribution >= 4 is 21.2 Å². The standard InChI is InChI=1S/C12H15N3O2S/c13-6-10-2-1-3-11(12(10)14)15-7-9-4-5-18(16,17)8-9/h1-3,9,15H,4-5,7-8,14H2. The Morgan fingerprint density at radius 2 is 2.28 bits per heavy atom. The Bertz CT molecular complexity index is 590. The summed E-state index contributed by atoms with van der Waals surface area (Å²) in [5, 5.41) is 12.0. The van der Waals surface area contributed by atoms with Crippen molar-refractivity contribution in [2.24, 2.45) is 5.92 Å². The average Bonchev–Trinajstić information content (AvgIpc) is 2.68. The maximum Gasteiger partial charge on any atom is 0.150 e. The lowest BCUT2D eigenvalue weighted by Crippen LogP contribution is -2.16. The van der Waals surface area contributed by atoms with Crippen LogP contribution in [0, 0.1) is 17.2 Å². The van der Waals surface area contributed by atoms with Crippen LogP contribution in [0.25, 0.3) is 0 Å². The summed E-state index contributed by atoms with van der Waals surface area (Å²) < 4.78 is 22.6. The summed E-state index contributed by atoms with van der Waals surface area (Å²) in [4.78, 5) is 0. The zero-order valence-corrected chi connectivity index (χ0v) is 10.7. The van der Waals surface area contributed by atoms with Crippen molar-refractivity contribution in [1.82, 2.24) is 0 Å². The first-order chi connectivity index (χ1) is 8.52. The second-order valence-corrected chi connectivity index (χ2v) is 6.76. The van der Waals surface area contributed by atoms with Gasteiger partial charge in [-0.2, -0.15) is 5.26 Å². The van der Waals surface area contributed by atoms with Gasteiger partial charge in [0.25, 0.3) is 0 Å². The number of sulfone groups is 1. The van der Waals surface area contributed by atoms with Gasteiger partial charge in [0.1, 0.15) is 6.07 Å². The fourth-order valence-electron chi connectivity index (χ4n) is 2.10. The summed E-state index contributed by atoms with van der Waals surface area (Å²) in [6.07, 6.45) is 0.688. The number of nitriles is 1. The maximum atomic E-state index is 11.3. The molecule has 1 fully saturated rings. The minimum atomic E-state index is -2.85. The molecule has 1 atom stereocenters. The van der Waals surface area contributed by atoms with Crippen LogP contribution < -0.4 is 11.1 Å². The molecule has 0 amide bonds. The minimum Gasteiger partial charge on any atom is -0.396 e. The topological polar surface area (TPSA) is 96.0 Å². The lowest BCUT2D eigenvalue weighted by atomic mass is 10.1. The van der Waals surface area contributed by atoms with Crippen molar-refractivity contribution in [3.63, 3.8) is 0 Å². The number of rotatable bonds is 3. The van der Waals surface area contributed by atoms with E-state index in [1.807, 2.05) is 6.07 Å². The fraction of sp³-hybridized carbons (Fsp3) is 0.417. The van der Waals surface area contributed by atoms with E-state index in [2.05, 4.69) is 5.32 Å². The van der Waals surface area contributed by atoms with Crippen molar-refractivity contribution in [1.29, 1.82) is 5.26 Å². The van der Waals surface area contributed by atoms with Crippen molar-refractivity contribution in [3.8, 4) is 6.07 Å². The van der Waals surface area contributed by atoms with Gasteiger partial charge < -0.3 is 11.1 Å². The van der Waals surface area contributed by atoms with E-state index >= 15 is 0 Å². The number of nitrogen functional groups attached to an aromatic ring is 1. The van der Waals surface area contributed by atoms with Crippen molar-refractivity contribution < 1.29 is 8.42 Å². The third-order valence-corrected chi connectivity index (χ3v) is 4.97. The normalized spacial score (nSPS) is 21.4. The van der Waals surface area contributed by atoms with Crippen LogP contribution in [0.5, 0.6) is 0 Å². The Morgan fingerprint density at radius 1 is 1.50 bits per heavy atom. The third kappa shape index (κ3) is 2.74. The molecular weight excluding hydrogens is 250 g/mol. The Hall–Kier alpha value is -1.74. The van der Waals surface area contributed by atoms with Gasteiger partial charge in [0.2, 0.25) is 0 Å². The smallest absolute Gasteiger partial charge is 0.150 e. The Balaban J connectivity index is 2.02. The molecule has 96 valence electrons. The molecule has 0 aromatic heterocycles. The fourth-order valence-corrected chi connectivity index (χ4v) is 3.97. The monoisotopic (exact) mass is 265 g/mol. The van der Waals surface area contributed by atoms with Crippen LogP contribution in [-0.2, 0) is 9.84 Å². The first kappa shape index (κ1) is 12.7. The van der Waals surface area contributed by atoms with E-state index in [0.717, 1.165) is 0 Å². The molecule has 1 aliphatic rings. The molecule has 1 unspecified atom stereocenters. The molecule has 1 aromatic rings. The molecule has 0 radical (unpaired) electrons. The SMILES string of the molecule is N#Cc1cccc(NCC2CCS(=O)(=O)C2)c1N. The lowest BCUT2D eigenvalue weighted by Gasteiger charge is -2.13. The summed E-state index contributed by atoms with van der Waals surface area (Å²) in [5.74, 6) is 0.630. The number of nitrogens with zero attached hydrogens (tertiary/aromatic N) is 1. The minimum absolute atomic E-state index is 0.125. The van der Waals surface area contributed by atoms with Gasteiger partial charge in [-0.3, -0.25) is 0 Å². The van der Waals surface area contributed by atoms with E-state index < -0.39 is 9.84 Å². The van der Waals surface area contributed by atoms with E-state index in [1.165, 1.54) is 0 Å². The highest BCUT2D eigenvalue weighted by atomic mass is 32.2. The number of para-hydroxylation sites is 1. The van der Waals surface area contributed by atoms with E-state index in [0.29, 0.717) is 29.9 Å². The van der Waals surface area contributed by atoms with Gasteiger partial charge in [0, 0.05) is 6.54 Å². The van der Waals surface area contributed by atoms with Crippen LogP contribution >= 0.6 is 0 Å². The van der Waals surface area contributed by atoms with Crippen LogP contribution in [0.2, 0.25) is 0 Å². The van der Waals surface area contributed by atoms with Gasteiger partial charge in [-0.25, -0.2) is 8.42 Å². The molecular formula is C12H15N3O2S. The maximum absolute atomic E-state index is 11.3. The van der Waals surface area contributed by atoms with Crippen LogP contribution in [0.4, 0.5) is 11.4 Å². The number of hydrogen-bond acceptors (Lipinski definition) is 5.